The summed E-state index contributed by atoms with van der Waals surface area (Å²) >= 11 is 0. The van der Waals surface area contributed by atoms with E-state index in [1.54, 1.807) is 13.8 Å². The van der Waals surface area contributed by atoms with Crippen LogP contribution in [0.2, 0.25) is 0 Å². The Labute approximate surface area is 74.7 Å². The topological polar surface area (TPSA) is 20.3 Å². The predicted molar refractivity (Wildman–Crippen MR) is 41.1 cm³/mol. The molecule has 1 heterocycles. The number of likely N-dealkylation sites (tertiary alicyclic amines) is 1. The standard InChI is InChI=1S/C8H12F3NO/c1-5-3-4-6(2)12(5)7(13)8(9,10)11/h5-6H,3-4H2,1-2H3. The second kappa shape index (κ2) is 3.20. The molecule has 1 aliphatic rings. The third kappa shape index (κ3) is 1.95. The minimum absolute atomic E-state index is 0.288. The van der Waals surface area contributed by atoms with Crippen molar-refractivity contribution >= 4 is 5.91 Å². The van der Waals surface area contributed by atoms with Crippen LogP contribution >= 0.6 is 0 Å². The van der Waals surface area contributed by atoms with Gasteiger partial charge in [0.2, 0.25) is 0 Å². The van der Waals surface area contributed by atoms with Crippen LogP contribution in [-0.2, 0) is 4.79 Å². The number of carbonyl (C=O) groups is 1. The Morgan fingerprint density at radius 1 is 1.23 bits per heavy atom. The van der Waals surface area contributed by atoms with Crippen molar-refractivity contribution in [2.45, 2.75) is 44.9 Å². The van der Waals surface area contributed by atoms with Crippen molar-refractivity contribution in [1.29, 1.82) is 0 Å². The smallest absolute Gasteiger partial charge is 0.329 e. The van der Waals surface area contributed by atoms with Gasteiger partial charge in [-0.25, -0.2) is 0 Å². The van der Waals surface area contributed by atoms with Gasteiger partial charge < -0.3 is 4.90 Å². The third-order valence-electron chi connectivity index (χ3n) is 2.43. The Morgan fingerprint density at radius 3 is 1.92 bits per heavy atom. The third-order valence-corrected chi connectivity index (χ3v) is 2.43. The zero-order valence-electron chi connectivity index (χ0n) is 7.56. The van der Waals surface area contributed by atoms with Crippen LogP contribution in [0.5, 0.6) is 0 Å². The molecule has 13 heavy (non-hydrogen) atoms. The molecule has 0 N–H and O–H groups in total. The fourth-order valence-corrected chi connectivity index (χ4v) is 1.74. The van der Waals surface area contributed by atoms with E-state index in [4.69, 9.17) is 0 Å². The average molecular weight is 195 g/mol. The lowest BCUT2D eigenvalue weighted by Crippen LogP contribution is -2.46. The Morgan fingerprint density at radius 2 is 1.62 bits per heavy atom. The van der Waals surface area contributed by atoms with Crippen LogP contribution in [-0.4, -0.2) is 29.1 Å². The molecule has 2 nitrogen and oxygen atoms in total. The normalized spacial score (nSPS) is 29.5. The first-order valence-electron chi connectivity index (χ1n) is 4.23. The summed E-state index contributed by atoms with van der Waals surface area (Å²) in [6.45, 7) is 3.29. The van der Waals surface area contributed by atoms with E-state index >= 15 is 0 Å². The summed E-state index contributed by atoms with van der Waals surface area (Å²) in [5.74, 6) is -1.70. The highest BCUT2D eigenvalue weighted by molar-refractivity contribution is 5.82. The number of amides is 1. The van der Waals surface area contributed by atoms with E-state index in [0.717, 1.165) is 4.90 Å². The molecule has 1 rings (SSSR count). The zero-order chi connectivity index (χ0) is 10.2. The summed E-state index contributed by atoms with van der Waals surface area (Å²) in [6, 6.07) is -0.576. The molecular weight excluding hydrogens is 183 g/mol. The summed E-state index contributed by atoms with van der Waals surface area (Å²) in [6.07, 6.45) is -3.42. The van der Waals surface area contributed by atoms with Crippen LogP contribution in [0.3, 0.4) is 0 Å². The molecule has 0 aliphatic carbocycles. The van der Waals surface area contributed by atoms with E-state index in [2.05, 4.69) is 0 Å². The van der Waals surface area contributed by atoms with Crippen molar-refractivity contribution in [3.05, 3.63) is 0 Å². The highest BCUT2D eigenvalue weighted by atomic mass is 19.4. The SMILES string of the molecule is CC1CCC(C)N1C(=O)C(F)(F)F. The quantitative estimate of drug-likeness (QED) is 0.578. The highest BCUT2D eigenvalue weighted by Gasteiger charge is 2.47. The molecule has 0 spiro atoms. The van der Waals surface area contributed by atoms with E-state index in [-0.39, 0.29) is 12.1 Å². The maximum atomic E-state index is 12.1. The van der Waals surface area contributed by atoms with Gasteiger partial charge in [0.15, 0.2) is 0 Å². The van der Waals surface area contributed by atoms with E-state index in [9.17, 15) is 18.0 Å². The highest BCUT2D eigenvalue weighted by Crippen LogP contribution is 2.29. The van der Waals surface area contributed by atoms with Crippen LogP contribution in [0.4, 0.5) is 13.2 Å². The number of hydrogen-bond acceptors (Lipinski definition) is 1. The molecule has 1 amide bonds. The van der Waals surface area contributed by atoms with Gasteiger partial charge in [0.1, 0.15) is 0 Å². The molecule has 2 unspecified atom stereocenters. The van der Waals surface area contributed by atoms with Crippen molar-refractivity contribution in [2.24, 2.45) is 0 Å². The summed E-state index contributed by atoms with van der Waals surface area (Å²) in [5.41, 5.74) is 0. The summed E-state index contributed by atoms with van der Waals surface area (Å²) in [5, 5.41) is 0. The van der Waals surface area contributed by atoms with Gasteiger partial charge in [-0.3, -0.25) is 4.79 Å². The van der Waals surface area contributed by atoms with E-state index in [1.165, 1.54) is 0 Å². The largest absolute Gasteiger partial charge is 0.471 e. The van der Waals surface area contributed by atoms with Crippen LogP contribution in [0, 0.1) is 0 Å². The molecule has 0 aromatic rings. The van der Waals surface area contributed by atoms with Crippen molar-refractivity contribution in [1.82, 2.24) is 4.90 Å². The summed E-state index contributed by atoms with van der Waals surface area (Å²) in [4.78, 5) is 11.8. The van der Waals surface area contributed by atoms with Crippen molar-refractivity contribution in [3.63, 3.8) is 0 Å². The fraction of sp³-hybridized carbons (Fsp3) is 0.875. The maximum Gasteiger partial charge on any atom is 0.471 e. The van der Waals surface area contributed by atoms with Crippen molar-refractivity contribution in [2.75, 3.05) is 0 Å². The molecule has 0 aromatic carbocycles. The van der Waals surface area contributed by atoms with Gasteiger partial charge in [-0.2, -0.15) is 13.2 Å². The Kier molecular flexibility index (Phi) is 2.54. The van der Waals surface area contributed by atoms with Gasteiger partial charge in [-0.05, 0) is 26.7 Å². The lowest BCUT2D eigenvalue weighted by molar-refractivity contribution is -0.187. The van der Waals surface area contributed by atoms with E-state index in [1.807, 2.05) is 0 Å². The molecule has 0 aromatic heterocycles. The number of halogens is 3. The number of nitrogens with zero attached hydrogens (tertiary/aromatic N) is 1. The minimum atomic E-state index is -4.73. The first-order valence-corrected chi connectivity index (χ1v) is 4.23. The molecule has 2 atom stereocenters. The molecule has 0 bridgehead atoms. The number of alkyl halides is 3. The molecule has 1 saturated heterocycles. The number of carbonyl (C=O) groups excluding carboxylic acids is 1. The van der Waals surface area contributed by atoms with Crippen molar-refractivity contribution < 1.29 is 18.0 Å². The minimum Gasteiger partial charge on any atom is -0.329 e. The summed E-state index contributed by atoms with van der Waals surface area (Å²) < 4.78 is 36.2. The molecule has 5 heteroatoms. The monoisotopic (exact) mass is 195 g/mol. The Balaban J connectivity index is 2.76. The number of hydrogen-bond donors (Lipinski definition) is 0. The Hall–Kier alpha value is -0.740. The number of rotatable bonds is 0. The van der Waals surface area contributed by atoms with Gasteiger partial charge in [-0.15, -0.1) is 0 Å². The predicted octanol–water partition coefficient (Wildman–Crippen LogP) is 1.95. The first-order chi connectivity index (χ1) is 5.84. The van der Waals surface area contributed by atoms with E-state index in [0.29, 0.717) is 12.8 Å². The van der Waals surface area contributed by atoms with E-state index < -0.39 is 12.1 Å². The van der Waals surface area contributed by atoms with Crippen LogP contribution < -0.4 is 0 Å². The van der Waals surface area contributed by atoms with Crippen LogP contribution in [0.15, 0.2) is 0 Å². The molecule has 0 radical (unpaired) electrons. The zero-order valence-corrected chi connectivity index (χ0v) is 7.56. The lowest BCUT2D eigenvalue weighted by atomic mass is 10.2. The van der Waals surface area contributed by atoms with Gasteiger partial charge >= 0.3 is 12.1 Å². The lowest BCUT2D eigenvalue weighted by Gasteiger charge is -2.26. The molecule has 1 aliphatic heterocycles. The maximum absolute atomic E-state index is 12.1. The summed E-state index contributed by atoms with van der Waals surface area (Å²) in [7, 11) is 0. The fourth-order valence-electron chi connectivity index (χ4n) is 1.74. The molecular formula is C8H12F3NO. The molecule has 1 fully saturated rings. The average Bonchev–Trinajstić information content (AvgIpc) is 2.28. The van der Waals surface area contributed by atoms with Crippen molar-refractivity contribution in [3.8, 4) is 0 Å². The van der Waals surface area contributed by atoms with Gasteiger partial charge in [0, 0.05) is 12.1 Å². The Bertz CT molecular complexity index is 204. The first kappa shape index (κ1) is 10.3. The van der Waals surface area contributed by atoms with Gasteiger partial charge in [0.05, 0.1) is 0 Å². The molecule has 0 saturated carbocycles. The van der Waals surface area contributed by atoms with Crippen LogP contribution in [0.25, 0.3) is 0 Å². The van der Waals surface area contributed by atoms with Gasteiger partial charge in [-0.1, -0.05) is 0 Å². The van der Waals surface area contributed by atoms with Crippen LogP contribution in [0.1, 0.15) is 26.7 Å². The van der Waals surface area contributed by atoms with Gasteiger partial charge in [0.25, 0.3) is 0 Å². The second-order valence-corrected chi connectivity index (χ2v) is 3.49. The molecule has 76 valence electrons. The second-order valence-electron chi connectivity index (χ2n) is 3.49.